The molecule has 4 heterocycles. The molecule has 10 heteroatoms. The van der Waals surface area contributed by atoms with E-state index in [9.17, 15) is 4.79 Å². The Balaban J connectivity index is 1.40. The van der Waals surface area contributed by atoms with Crippen molar-refractivity contribution in [3.8, 4) is 0 Å². The molecular weight excluding hydrogens is 462 g/mol. The van der Waals surface area contributed by atoms with Gasteiger partial charge in [0.25, 0.3) is 0 Å². The first-order chi connectivity index (χ1) is 16.7. The molecule has 2 N–H and O–H groups in total. The molecule has 0 unspecified atom stereocenters. The topological polar surface area (TPSA) is 99.3 Å². The highest BCUT2D eigenvalue weighted by Crippen LogP contribution is 2.42. The third-order valence-electron chi connectivity index (χ3n) is 6.29. The van der Waals surface area contributed by atoms with E-state index in [0.29, 0.717) is 30.5 Å². The molecule has 4 aromatic rings. The van der Waals surface area contributed by atoms with Gasteiger partial charge in [0.1, 0.15) is 11.9 Å². The summed E-state index contributed by atoms with van der Waals surface area (Å²) in [6.07, 6.45) is -0.736. The van der Waals surface area contributed by atoms with Crippen molar-refractivity contribution in [1.82, 2.24) is 30.0 Å². The molecule has 1 atom stereocenters. The lowest BCUT2D eigenvalue weighted by atomic mass is 10.0. The minimum Gasteiger partial charge on any atom is -0.440 e. The Labute approximate surface area is 208 Å². The maximum absolute atomic E-state index is 13.5. The predicted molar refractivity (Wildman–Crippen MR) is 137 cm³/mol. The lowest BCUT2D eigenvalue weighted by molar-refractivity contribution is 0.0259. The fourth-order valence-corrected chi connectivity index (χ4v) is 5.26. The molecule has 182 valence electrons. The molecule has 0 radical (unpaired) electrons. The number of amides is 1. The summed E-state index contributed by atoms with van der Waals surface area (Å²) in [5.41, 5.74) is 3.06. The maximum atomic E-state index is 13.5. The molecule has 0 saturated heterocycles. The van der Waals surface area contributed by atoms with Crippen LogP contribution in [0.3, 0.4) is 0 Å². The number of benzene rings is 1. The van der Waals surface area contributed by atoms with E-state index in [4.69, 9.17) is 4.74 Å². The Hall–Kier alpha value is -3.50. The van der Waals surface area contributed by atoms with Crippen LogP contribution in [0.2, 0.25) is 0 Å². The van der Waals surface area contributed by atoms with E-state index >= 15 is 0 Å². The van der Waals surface area contributed by atoms with Crippen LogP contribution in [0.15, 0.2) is 41.8 Å². The summed E-state index contributed by atoms with van der Waals surface area (Å²) >= 11 is 1.58. The van der Waals surface area contributed by atoms with Gasteiger partial charge in [-0.05, 0) is 51.9 Å². The minimum atomic E-state index is -0.613. The fourth-order valence-electron chi connectivity index (χ4n) is 4.48. The van der Waals surface area contributed by atoms with Crippen molar-refractivity contribution in [2.24, 2.45) is 0 Å². The first-order valence-corrected chi connectivity index (χ1v) is 12.4. The van der Waals surface area contributed by atoms with Crippen LogP contribution in [0.1, 0.15) is 42.6 Å². The number of fused-ring (bicyclic) bond motifs is 2. The van der Waals surface area contributed by atoms with E-state index in [1.807, 2.05) is 81.5 Å². The quantitative estimate of drug-likeness (QED) is 0.393. The monoisotopic (exact) mass is 491 g/mol. The second-order valence-electron chi connectivity index (χ2n) is 9.50. The van der Waals surface area contributed by atoms with E-state index in [1.165, 1.54) is 0 Å². The van der Waals surface area contributed by atoms with E-state index in [-0.39, 0.29) is 12.2 Å². The number of likely N-dealkylation sites (N-methyl/N-ethyl adjacent to an activating group) is 1. The number of aryl methyl sites for hydroxylation is 1. The van der Waals surface area contributed by atoms with Crippen molar-refractivity contribution in [3.05, 3.63) is 64.4 Å². The highest BCUT2D eigenvalue weighted by Gasteiger charge is 2.45. The zero-order valence-electron chi connectivity index (χ0n) is 20.5. The lowest BCUT2D eigenvalue weighted by Gasteiger charge is -2.33. The van der Waals surface area contributed by atoms with Crippen LogP contribution in [-0.2, 0) is 16.8 Å². The van der Waals surface area contributed by atoms with Crippen LogP contribution < -0.4 is 5.32 Å². The molecule has 35 heavy (non-hydrogen) atoms. The third kappa shape index (κ3) is 4.35. The number of hydrogen-bond acceptors (Lipinski definition) is 8. The van der Waals surface area contributed by atoms with Gasteiger partial charge in [-0.15, -0.1) is 11.3 Å². The molecule has 5 rings (SSSR count). The van der Waals surface area contributed by atoms with Gasteiger partial charge in [-0.3, -0.25) is 10.00 Å². The van der Waals surface area contributed by atoms with Gasteiger partial charge in [0.2, 0.25) is 0 Å². The Kier molecular flexibility index (Phi) is 5.94. The molecule has 0 spiro atoms. The van der Waals surface area contributed by atoms with Crippen molar-refractivity contribution >= 4 is 39.3 Å². The molecule has 0 aliphatic carbocycles. The van der Waals surface area contributed by atoms with Crippen molar-refractivity contribution in [3.63, 3.8) is 0 Å². The van der Waals surface area contributed by atoms with Gasteiger partial charge >= 0.3 is 6.09 Å². The number of nitrogens with zero attached hydrogens (tertiary/aromatic N) is 5. The molecule has 0 bridgehead atoms. The van der Waals surface area contributed by atoms with Gasteiger partial charge in [-0.25, -0.2) is 14.8 Å². The first kappa shape index (κ1) is 23.3. The normalized spacial score (nSPS) is 15.4. The maximum Gasteiger partial charge on any atom is 0.411 e. The van der Waals surface area contributed by atoms with Gasteiger partial charge in [0.05, 0.1) is 28.0 Å². The number of anilines is 2. The lowest BCUT2D eigenvalue weighted by Crippen LogP contribution is -2.42. The van der Waals surface area contributed by atoms with Crippen LogP contribution in [0, 0.1) is 6.92 Å². The number of aromatic amines is 1. The van der Waals surface area contributed by atoms with Crippen LogP contribution >= 0.6 is 11.3 Å². The van der Waals surface area contributed by atoms with Crippen LogP contribution in [-0.4, -0.2) is 56.7 Å². The van der Waals surface area contributed by atoms with Gasteiger partial charge in [-0.2, -0.15) is 5.10 Å². The summed E-state index contributed by atoms with van der Waals surface area (Å²) in [5, 5.41) is 13.0. The zero-order chi connectivity index (χ0) is 24.7. The standard InChI is InChI=1S/C25H29N7O2S/c1-15-26-18-11-12-35-20(18)23(27-15)28-22-17-13-32(25(2,3)21(17)29-30-22)24(33)34-19(14-31(4)5)16-9-7-6-8-10-16/h6-12,19H,13-14H2,1-5H3,(H2,26,27,28,29,30)/t19-/m1/s1. The van der Waals surface area contributed by atoms with Gasteiger partial charge < -0.3 is 15.0 Å². The SMILES string of the molecule is Cc1nc(Nc2n[nH]c3c2CN(C(=O)O[C@H](CN(C)C)c2ccccc2)C3(C)C)c2sccc2n1. The average molecular weight is 492 g/mol. The highest BCUT2D eigenvalue weighted by atomic mass is 32.1. The molecule has 1 aromatic carbocycles. The molecule has 3 aromatic heterocycles. The number of carbonyl (C=O) groups is 1. The fraction of sp³-hybridized carbons (Fsp3) is 0.360. The second kappa shape index (κ2) is 8.94. The molecule has 0 fully saturated rings. The largest absolute Gasteiger partial charge is 0.440 e. The summed E-state index contributed by atoms with van der Waals surface area (Å²) < 4.78 is 7.03. The van der Waals surface area contributed by atoms with Gasteiger partial charge in [-0.1, -0.05) is 30.3 Å². The van der Waals surface area contributed by atoms with Crippen LogP contribution in [0.5, 0.6) is 0 Å². The highest BCUT2D eigenvalue weighted by molar-refractivity contribution is 7.17. The van der Waals surface area contributed by atoms with Crippen molar-refractivity contribution in [1.29, 1.82) is 0 Å². The summed E-state index contributed by atoms with van der Waals surface area (Å²) in [6.45, 7) is 6.83. The Morgan fingerprint density at radius 3 is 2.74 bits per heavy atom. The average Bonchev–Trinajstić information content (AvgIpc) is 3.50. The third-order valence-corrected chi connectivity index (χ3v) is 7.20. The summed E-state index contributed by atoms with van der Waals surface area (Å²) in [5.74, 6) is 2.05. The smallest absolute Gasteiger partial charge is 0.411 e. The van der Waals surface area contributed by atoms with Crippen molar-refractivity contribution in [2.75, 3.05) is 26.0 Å². The summed E-state index contributed by atoms with van der Waals surface area (Å²) in [7, 11) is 3.94. The molecule has 1 aliphatic rings. The van der Waals surface area contributed by atoms with E-state index in [0.717, 1.165) is 27.0 Å². The van der Waals surface area contributed by atoms with Gasteiger partial charge in [0.15, 0.2) is 11.6 Å². The molecule has 1 aliphatic heterocycles. The van der Waals surface area contributed by atoms with E-state index < -0.39 is 5.54 Å². The Morgan fingerprint density at radius 2 is 2.00 bits per heavy atom. The van der Waals surface area contributed by atoms with Crippen LogP contribution in [0.4, 0.5) is 16.4 Å². The van der Waals surface area contributed by atoms with Gasteiger partial charge in [0, 0.05) is 12.1 Å². The number of carbonyl (C=O) groups excluding carboxylic acids is 1. The Bertz CT molecular complexity index is 1360. The second-order valence-corrected chi connectivity index (χ2v) is 10.4. The number of hydrogen-bond donors (Lipinski definition) is 2. The van der Waals surface area contributed by atoms with Crippen LogP contribution in [0.25, 0.3) is 10.2 Å². The number of rotatable bonds is 6. The number of thiophene rings is 1. The first-order valence-electron chi connectivity index (χ1n) is 11.5. The molecule has 0 saturated carbocycles. The minimum absolute atomic E-state index is 0.361. The van der Waals surface area contributed by atoms with E-state index in [2.05, 4.69) is 25.5 Å². The van der Waals surface area contributed by atoms with Crippen molar-refractivity contribution in [2.45, 2.75) is 39.0 Å². The molecule has 1 amide bonds. The number of ether oxygens (including phenoxy) is 1. The summed E-state index contributed by atoms with van der Waals surface area (Å²) in [4.78, 5) is 26.3. The predicted octanol–water partition coefficient (Wildman–Crippen LogP) is 4.96. The number of aromatic nitrogens is 4. The zero-order valence-corrected chi connectivity index (χ0v) is 21.3. The number of H-pyrrole nitrogens is 1. The molecule has 9 nitrogen and oxygen atoms in total. The van der Waals surface area contributed by atoms with Crippen molar-refractivity contribution < 1.29 is 9.53 Å². The molecular formula is C25H29N7O2S. The Morgan fingerprint density at radius 1 is 1.23 bits per heavy atom. The number of nitrogens with one attached hydrogen (secondary N) is 2. The van der Waals surface area contributed by atoms with E-state index in [1.54, 1.807) is 16.2 Å². The summed E-state index contributed by atoms with van der Waals surface area (Å²) in [6, 6.07) is 11.8.